The van der Waals surface area contributed by atoms with E-state index in [0.717, 1.165) is 67.4 Å². The van der Waals surface area contributed by atoms with Crippen molar-refractivity contribution in [2.75, 3.05) is 27.3 Å². The van der Waals surface area contributed by atoms with E-state index in [1.807, 2.05) is 12.1 Å². The SMILES string of the molecule is COc1ccc(C2=NN3[C@@H](C2)c2ccccc2OC32CCN(Cc3ccccc3)CC2)cc1OC. The van der Waals surface area contributed by atoms with Crippen LogP contribution >= 0.6 is 0 Å². The Morgan fingerprint density at radius 2 is 1.66 bits per heavy atom. The molecule has 180 valence electrons. The minimum absolute atomic E-state index is 0.170. The minimum atomic E-state index is -0.426. The number of likely N-dealkylation sites (tertiary alicyclic amines) is 1. The van der Waals surface area contributed by atoms with Gasteiger partial charge >= 0.3 is 0 Å². The second kappa shape index (κ2) is 8.93. The van der Waals surface area contributed by atoms with Crippen LogP contribution in [0.4, 0.5) is 0 Å². The Kier molecular flexibility index (Phi) is 5.61. The first-order valence-corrected chi connectivity index (χ1v) is 12.3. The molecule has 3 heterocycles. The number of benzene rings is 3. The van der Waals surface area contributed by atoms with Gasteiger partial charge in [-0.3, -0.25) is 4.90 Å². The van der Waals surface area contributed by atoms with Crippen molar-refractivity contribution >= 4 is 5.71 Å². The summed E-state index contributed by atoms with van der Waals surface area (Å²) < 4.78 is 17.8. The third-order valence-corrected chi connectivity index (χ3v) is 7.51. The van der Waals surface area contributed by atoms with Crippen molar-refractivity contribution in [2.45, 2.75) is 37.6 Å². The summed E-state index contributed by atoms with van der Waals surface area (Å²) in [4.78, 5) is 2.52. The van der Waals surface area contributed by atoms with Crippen LogP contribution in [0.25, 0.3) is 0 Å². The molecule has 1 fully saturated rings. The summed E-state index contributed by atoms with van der Waals surface area (Å²) in [6, 6.07) is 25.4. The molecule has 3 aromatic carbocycles. The van der Waals surface area contributed by atoms with Gasteiger partial charge in [-0.2, -0.15) is 5.10 Å². The topological polar surface area (TPSA) is 46.5 Å². The minimum Gasteiger partial charge on any atom is -0.493 e. The van der Waals surface area contributed by atoms with Gasteiger partial charge in [-0.1, -0.05) is 48.5 Å². The quantitative estimate of drug-likeness (QED) is 0.511. The summed E-state index contributed by atoms with van der Waals surface area (Å²) in [5, 5.41) is 7.47. The van der Waals surface area contributed by atoms with Crippen molar-refractivity contribution in [3.05, 3.63) is 89.5 Å². The van der Waals surface area contributed by atoms with Crippen molar-refractivity contribution in [3.63, 3.8) is 0 Å². The van der Waals surface area contributed by atoms with Crippen molar-refractivity contribution in [1.82, 2.24) is 9.91 Å². The molecule has 0 saturated carbocycles. The van der Waals surface area contributed by atoms with Gasteiger partial charge in [0, 0.05) is 50.0 Å². The van der Waals surface area contributed by atoms with E-state index in [4.69, 9.17) is 19.3 Å². The van der Waals surface area contributed by atoms with Gasteiger partial charge in [-0.25, -0.2) is 5.01 Å². The molecule has 0 N–H and O–H groups in total. The average Bonchev–Trinajstić information content (AvgIpc) is 3.37. The van der Waals surface area contributed by atoms with Gasteiger partial charge in [0.2, 0.25) is 5.72 Å². The Bertz CT molecular complexity index is 1230. The first-order valence-electron chi connectivity index (χ1n) is 12.3. The normalized spacial score (nSPS) is 20.6. The van der Waals surface area contributed by atoms with Crippen LogP contribution in [-0.2, 0) is 6.54 Å². The van der Waals surface area contributed by atoms with Crippen molar-refractivity contribution < 1.29 is 14.2 Å². The number of hydrogen-bond acceptors (Lipinski definition) is 6. The number of ether oxygens (including phenoxy) is 3. The zero-order valence-electron chi connectivity index (χ0n) is 20.3. The molecule has 0 radical (unpaired) electrons. The number of piperidine rings is 1. The second-order valence-corrected chi connectivity index (χ2v) is 9.53. The maximum atomic E-state index is 6.79. The van der Waals surface area contributed by atoms with E-state index < -0.39 is 5.72 Å². The van der Waals surface area contributed by atoms with Gasteiger partial charge < -0.3 is 14.2 Å². The van der Waals surface area contributed by atoms with Crippen molar-refractivity contribution in [2.24, 2.45) is 5.10 Å². The molecule has 6 nitrogen and oxygen atoms in total. The summed E-state index contributed by atoms with van der Waals surface area (Å²) in [5.74, 6) is 2.44. The maximum Gasteiger partial charge on any atom is 0.200 e. The molecule has 0 aliphatic carbocycles. The highest BCUT2D eigenvalue weighted by molar-refractivity contribution is 6.02. The van der Waals surface area contributed by atoms with Gasteiger partial charge in [0.25, 0.3) is 0 Å². The van der Waals surface area contributed by atoms with Crippen LogP contribution in [0.2, 0.25) is 0 Å². The molecule has 1 atom stereocenters. The lowest BCUT2D eigenvalue weighted by Gasteiger charge is -2.51. The number of hydrogen-bond donors (Lipinski definition) is 0. The van der Waals surface area contributed by atoms with Crippen LogP contribution in [0.15, 0.2) is 77.9 Å². The van der Waals surface area contributed by atoms with E-state index in [0.29, 0.717) is 0 Å². The number of rotatable bonds is 5. The number of para-hydroxylation sites is 1. The Balaban J connectivity index is 1.30. The molecule has 0 unspecified atom stereocenters. The van der Waals surface area contributed by atoms with Crippen LogP contribution in [0, 0.1) is 0 Å². The Hall–Kier alpha value is -3.51. The predicted molar refractivity (Wildman–Crippen MR) is 136 cm³/mol. The van der Waals surface area contributed by atoms with Crippen LogP contribution in [0.1, 0.15) is 42.0 Å². The molecule has 35 heavy (non-hydrogen) atoms. The standard InChI is InChI=1S/C29H31N3O3/c1-33-27-13-12-22(18-28(27)34-2)24-19-25-23-10-6-7-11-26(23)35-29(32(25)30-24)14-16-31(17-15-29)20-21-8-4-3-5-9-21/h3-13,18,25H,14-17,19-20H2,1-2H3/t25-/m0/s1. The lowest BCUT2D eigenvalue weighted by molar-refractivity contribution is -0.150. The monoisotopic (exact) mass is 469 g/mol. The molecule has 0 aromatic heterocycles. The highest BCUT2D eigenvalue weighted by atomic mass is 16.5. The third-order valence-electron chi connectivity index (χ3n) is 7.51. The molecule has 3 aliphatic heterocycles. The van der Waals surface area contributed by atoms with Crippen LogP contribution in [0.3, 0.4) is 0 Å². The van der Waals surface area contributed by atoms with E-state index >= 15 is 0 Å². The largest absolute Gasteiger partial charge is 0.493 e. The predicted octanol–water partition coefficient (Wildman–Crippen LogP) is 5.24. The Morgan fingerprint density at radius 1 is 0.914 bits per heavy atom. The van der Waals surface area contributed by atoms with Crippen molar-refractivity contribution in [3.8, 4) is 17.2 Å². The molecule has 1 saturated heterocycles. The zero-order valence-corrected chi connectivity index (χ0v) is 20.3. The highest BCUT2D eigenvalue weighted by Crippen LogP contribution is 2.50. The van der Waals surface area contributed by atoms with E-state index in [1.54, 1.807) is 14.2 Å². The Labute approximate surface area is 206 Å². The summed E-state index contributed by atoms with van der Waals surface area (Å²) in [7, 11) is 3.33. The van der Waals surface area contributed by atoms with E-state index in [9.17, 15) is 0 Å². The molecule has 0 amide bonds. The Morgan fingerprint density at radius 3 is 2.43 bits per heavy atom. The molecule has 1 spiro atoms. The molecule has 6 heteroatoms. The second-order valence-electron chi connectivity index (χ2n) is 9.53. The van der Waals surface area contributed by atoms with Gasteiger partial charge in [-0.05, 0) is 29.8 Å². The molecule has 6 rings (SSSR count). The fourth-order valence-corrected chi connectivity index (χ4v) is 5.65. The molecule has 3 aliphatic rings. The van der Waals surface area contributed by atoms with Crippen molar-refractivity contribution in [1.29, 1.82) is 0 Å². The fraction of sp³-hybridized carbons (Fsp3) is 0.345. The maximum absolute atomic E-state index is 6.79. The summed E-state index contributed by atoms with van der Waals surface area (Å²) in [6.07, 6.45) is 2.66. The number of fused-ring (bicyclic) bond motifs is 4. The first kappa shape index (κ1) is 22.0. The number of methoxy groups -OCH3 is 2. The summed E-state index contributed by atoms with van der Waals surface area (Å²) in [5.41, 5.74) is 4.26. The first-order chi connectivity index (χ1) is 17.2. The van der Waals surface area contributed by atoms with Gasteiger partial charge in [-0.15, -0.1) is 0 Å². The molecule has 0 bridgehead atoms. The molecular formula is C29H31N3O3. The lowest BCUT2D eigenvalue weighted by atomic mass is 9.90. The van der Waals surface area contributed by atoms with Gasteiger partial charge in [0.1, 0.15) is 5.75 Å². The van der Waals surface area contributed by atoms with E-state index in [1.165, 1.54) is 11.1 Å². The number of nitrogens with zero attached hydrogens (tertiary/aromatic N) is 3. The molecular weight excluding hydrogens is 438 g/mol. The highest BCUT2D eigenvalue weighted by Gasteiger charge is 2.51. The number of hydrazone groups is 1. The van der Waals surface area contributed by atoms with Gasteiger partial charge in [0.15, 0.2) is 11.5 Å². The zero-order chi connectivity index (χ0) is 23.8. The summed E-state index contributed by atoms with van der Waals surface area (Å²) in [6.45, 7) is 2.92. The van der Waals surface area contributed by atoms with Gasteiger partial charge in [0.05, 0.1) is 26.0 Å². The summed E-state index contributed by atoms with van der Waals surface area (Å²) >= 11 is 0. The smallest absolute Gasteiger partial charge is 0.200 e. The fourth-order valence-electron chi connectivity index (χ4n) is 5.65. The van der Waals surface area contributed by atoms with E-state index in [-0.39, 0.29) is 6.04 Å². The third kappa shape index (κ3) is 3.92. The van der Waals surface area contributed by atoms with Crippen LogP contribution in [-0.4, -0.2) is 48.7 Å². The molecule has 3 aromatic rings. The lowest BCUT2D eigenvalue weighted by Crippen LogP contribution is -2.59. The average molecular weight is 470 g/mol. The van der Waals surface area contributed by atoms with Crippen LogP contribution in [0.5, 0.6) is 17.2 Å². The van der Waals surface area contributed by atoms with E-state index in [2.05, 4.69) is 70.6 Å². The van der Waals surface area contributed by atoms with Crippen LogP contribution < -0.4 is 14.2 Å².